The topological polar surface area (TPSA) is 23.6 Å². The number of hydrogen-bond donors (Lipinski definition) is 0. The summed E-state index contributed by atoms with van der Waals surface area (Å²) in [7, 11) is 0. The molecule has 132 valence electrons. The van der Waals surface area contributed by atoms with Crippen molar-refractivity contribution in [1.29, 1.82) is 0 Å². The summed E-state index contributed by atoms with van der Waals surface area (Å²) in [5.41, 5.74) is 2.38. The van der Waals surface area contributed by atoms with Crippen molar-refractivity contribution in [2.45, 2.75) is 39.8 Å². The lowest BCUT2D eigenvalue weighted by Crippen LogP contribution is -2.36. The summed E-state index contributed by atoms with van der Waals surface area (Å²) >= 11 is 1.87. The van der Waals surface area contributed by atoms with Crippen molar-refractivity contribution < 1.29 is 4.79 Å². The molecular formula is C21H26N2OS. The van der Waals surface area contributed by atoms with E-state index in [0.717, 1.165) is 45.6 Å². The normalized spacial score (nSPS) is 23.9. The van der Waals surface area contributed by atoms with Crippen molar-refractivity contribution in [3.63, 3.8) is 0 Å². The molecule has 2 aliphatic heterocycles. The van der Waals surface area contributed by atoms with Gasteiger partial charge in [-0.25, -0.2) is 0 Å². The van der Waals surface area contributed by atoms with Gasteiger partial charge in [0.05, 0.1) is 5.41 Å². The van der Waals surface area contributed by atoms with Gasteiger partial charge in [0, 0.05) is 35.9 Å². The van der Waals surface area contributed by atoms with Crippen LogP contribution in [-0.4, -0.2) is 35.3 Å². The average molecular weight is 355 g/mol. The van der Waals surface area contributed by atoms with E-state index in [0.29, 0.717) is 5.91 Å². The Balaban J connectivity index is 1.41. The molecule has 2 saturated heterocycles. The molecule has 0 aliphatic carbocycles. The largest absolute Gasteiger partial charge is 0.338 e. The smallest absolute Gasteiger partial charge is 0.230 e. The van der Waals surface area contributed by atoms with Gasteiger partial charge in [0.15, 0.2) is 0 Å². The highest BCUT2D eigenvalue weighted by Crippen LogP contribution is 2.41. The molecule has 3 heterocycles. The van der Waals surface area contributed by atoms with Gasteiger partial charge < -0.3 is 4.90 Å². The van der Waals surface area contributed by atoms with Gasteiger partial charge in [0.25, 0.3) is 0 Å². The fourth-order valence-electron chi connectivity index (χ4n) is 4.34. The highest BCUT2D eigenvalue weighted by atomic mass is 32.1. The summed E-state index contributed by atoms with van der Waals surface area (Å²) in [6.45, 7) is 8.88. The van der Waals surface area contributed by atoms with Crippen LogP contribution in [0.4, 0.5) is 0 Å². The van der Waals surface area contributed by atoms with Gasteiger partial charge >= 0.3 is 0 Å². The van der Waals surface area contributed by atoms with Crippen molar-refractivity contribution in [1.82, 2.24) is 9.80 Å². The van der Waals surface area contributed by atoms with Crippen LogP contribution in [0.25, 0.3) is 0 Å². The zero-order chi connectivity index (χ0) is 17.4. The number of carbonyl (C=O) groups is 1. The van der Waals surface area contributed by atoms with Crippen LogP contribution in [0.1, 0.15) is 33.7 Å². The first kappa shape index (κ1) is 16.8. The summed E-state index contributed by atoms with van der Waals surface area (Å²) < 4.78 is 0. The Labute approximate surface area is 154 Å². The molecule has 0 N–H and O–H groups in total. The summed E-state index contributed by atoms with van der Waals surface area (Å²) in [6, 6.07) is 12.9. The first-order valence-corrected chi connectivity index (χ1v) is 9.98. The van der Waals surface area contributed by atoms with Gasteiger partial charge in [-0.15, -0.1) is 11.3 Å². The lowest BCUT2D eigenvalue weighted by Gasteiger charge is -2.23. The number of amides is 1. The van der Waals surface area contributed by atoms with E-state index in [4.69, 9.17) is 0 Å². The number of hydrogen-bond acceptors (Lipinski definition) is 3. The Morgan fingerprint density at radius 2 is 1.92 bits per heavy atom. The maximum Gasteiger partial charge on any atom is 0.230 e. The first-order chi connectivity index (χ1) is 12.0. The standard InChI is InChI=1S/C21H26N2OS/c1-16-4-3-5-18(12-16)13-23-11-9-21(20(23)24)8-10-22(15-21)14-19-7-6-17(2)25-19/h3-7,12H,8-11,13-15H2,1-2H3/t21-/m0/s1. The van der Waals surface area contributed by atoms with E-state index in [9.17, 15) is 4.79 Å². The molecule has 4 rings (SSSR count). The fourth-order valence-corrected chi connectivity index (χ4v) is 5.27. The van der Waals surface area contributed by atoms with Gasteiger partial charge in [0.1, 0.15) is 0 Å². The van der Waals surface area contributed by atoms with Crippen LogP contribution >= 0.6 is 11.3 Å². The summed E-state index contributed by atoms with van der Waals surface area (Å²) in [5.74, 6) is 0.374. The number of likely N-dealkylation sites (tertiary alicyclic amines) is 2. The van der Waals surface area contributed by atoms with Crippen LogP contribution in [0.3, 0.4) is 0 Å². The molecule has 3 nitrogen and oxygen atoms in total. The second-order valence-corrected chi connectivity index (χ2v) is 9.09. The predicted molar refractivity (Wildman–Crippen MR) is 103 cm³/mol. The second-order valence-electron chi connectivity index (χ2n) is 7.72. The summed E-state index contributed by atoms with van der Waals surface area (Å²) in [6.07, 6.45) is 2.03. The molecule has 0 radical (unpaired) electrons. The molecule has 0 saturated carbocycles. The first-order valence-electron chi connectivity index (χ1n) is 9.17. The number of aryl methyl sites for hydroxylation is 2. The molecule has 0 unspecified atom stereocenters. The molecular weight excluding hydrogens is 328 g/mol. The third kappa shape index (κ3) is 3.38. The summed E-state index contributed by atoms with van der Waals surface area (Å²) in [4.78, 5) is 20.5. The molecule has 1 atom stereocenters. The molecule has 2 aromatic rings. The molecule has 2 aliphatic rings. The Bertz CT molecular complexity index is 784. The van der Waals surface area contributed by atoms with E-state index in [1.54, 1.807) is 0 Å². The van der Waals surface area contributed by atoms with E-state index in [1.807, 2.05) is 11.3 Å². The Hall–Kier alpha value is -1.65. The Morgan fingerprint density at radius 3 is 2.68 bits per heavy atom. The monoisotopic (exact) mass is 354 g/mol. The number of rotatable bonds is 4. The third-order valence-electron chi connectivity index (χ3n) is 5.67. The Kier molecular flexibility index (Phi) is 4.42. The third-order valence-corrected chi connectivity index (χ3v) is 6.65. The maximum atomic E-state index is 13.1. The minimum absolute atomic E-state index is 0.129. The van der Waals surface area contributed by atoms with E-state index < -0.39 is 0 Å². The lowest BCUT2D eigenvalue weighted by atomic mass is 9.85. The highest BCUT2D eigenvalue weighted by Gasteiger charge is 2.50. The van der Waals surface area contributed by atoms with Crippen molar-refractivity contribution in [3.05, 3.63) is 57.3 Å². The zero-order valence-corrected chi connectivity index (χ0v) is 15.9. The van der Waals surface area contributed by atoms with Gasteiger partial charge in [-0.1, -0.05) is 29.8 Å². The van der Waals surface area contributed by atoms with Crippen LogP contribution < -0.4 is 0 Å². The highest BCUT2D eigenvalue weighted by molar-refractivity contribution is 7.11. The maximum absolute atomic E-state index is 13.1. The van der Waals surface area contributed by atoms with Gasteiger partial charge in [-0.05, 0) is 50.9 Å². The number of thiophene rings is 1. The average Bonchev–Trinajstić information content (AvgIpc) is 3.25. The molecule has 2 fully saturated rings. The lowest BCUT2D eigenvalue weighted by molar-refractivity contribution is -0.136. The molecule has 4 heteroatoms. The van der Waals surface area contributed by atoms with Crippen molar-refractivity contribution in [3.8, 4) is 0 Å². The van der Waals surface area contributed by atoms with E-state index >= 15 is 0 Å². The number of carbonyl (C=O) groups excluding carboxylic acids is 1. The molecule has 1 aromatic heterocycles. The van der Waals surface area contributed by atoms with Crippen LogP contribution in [0, 0.1) is 19.3 Å². The van der Waals surface area contributed by atoms with E-state index in [-0.39, 0.29) is 5.41 Å². The molecule has 1 aromatic carbocycles. The van der Waals surface area contributed by atoms with Crippen LogP contribution in [-0.2, 0) is 17.9 Å². The van der Waals surface area contributed by atoms with Crippen LogP contribution in [0.5, 0.6) is 0 Å². The minimum Gasteiger partial charge on any atom is -0.338 e. The SMILES string of the molecule is Cc1cccc(CN2CC[C@]3(CCN(Cc4ccc(C)s4)C3)C2=O)c1. The van der Waals surface area contributed by atoms with Gasteiger partial charge in [-0.3, -0.25) is 9.69 Å². The van der Waals surface area contributed by atoms with Gasteiger partial charge in [-0.2, -0.15) is 0 Å². The quantitative estimate of drug-likeness (QED) is 0.829. The number of nitrogens with zero attached hydrogens (tertiary/aromatic N) is 2. The van der Waals surface area contributed by atoms with Gasteiger partial charge in [0.2, 0.25) is 5.91 Å². The van der Waals surface area contributed by atoms with Crippen molar-refractivity contribution in [2.24, 2.45) is 5.41 Å². The van der Waals surface area contributed by atoms with Crippen LogP contribution in [0.15, 0.2) is 36.4 Å². The Morgan fingerprint density at radius 1 is 1.08 bits per heavy atom. The molecule has 25 heavy (non-hydrogen) atoms. The second kappa shape index (κ2) is 6.58. The van der Waals surface area contributed by atoms with Crippen molar-refractivity contribution in [2.75, 3.05) is 19.6 Å². The minimum atomic E-state index is -0.129. The van der Waals surface area contributed by atoms with E-state index in [2.05, 4.69) is 60.0 Å². The van der Waals surface area contributed by atoms with Crippen molar-refractivity contribution >= 4 is 17.2 Å². The molecule has 1 spiro atoms. The number of benzene rings is 1. The fraction of sp³-hybridized carbons (Fsp3) is 0.476. The summed E-state index contributed by atoms with van der Waals surface area (Å²) in [5, 5.41) is 0. The zero-order valence-electron chi connectivity index (χ0n) is 15.1. The van der Waals surface area contributed by atoms with Crippen LogP contribution in [0.2, 0.25) is 0 Å². The molecule has 1 amide bonds. The molecule has 0 bridgehead atoms. The predicted octanol–water partition coefficient (Wildman–Crippen LogP) is 3.99. The van der Waals surface area contributed by atoms with E-state index in [1.165, 1.54) is 20.9 Å².